The third kappa shape index (κ3) is 2.37. The van der Waals surface area contributed by atoms with Gasteiger partial charge >= 0.3 is 0 Å². The van der Waals surface area contributed by atoms with Gasteiger partial charge < -0.3 is 4.74 Å². The van der Waals surface area contributed by atoms with Crippen molar-refractivity contribution < 1.29 is 4.74 Å². The fourth-order valence-corrected chi connectivity index (χ4v) is 3.19. The molecule has 0 saturated heterocycles. The first kappa shape index (κ1) is 14.7. The van der Waals surface area contributed by atoms with Crippen LogP contribution in [0.2, 0.25) is 0 Å². The predicted molar refractivity (Wildman–Crippen MR) is 88.0 cm³/mol. The van der Waals surface area contributed by atoms with Crippen LogP contribution < -0.4 is 4.74 Å². The monoisotopic (exact) mass is 291 g/mol. The van der Waals surface area contributed by atoms with Crippen molar-refractivity contribution in [3.63, 3.8) is 0 Å². The molecule has 3 rings (SSSR count). The van der Waals surface area contributed by atoms with Crippen molar-refractivity contribution in [1.29, 1.82) is 5.26 Å². The molecule has 2 aromatic carbocycles. The van der Waals surface area contributed by atoms with Gasteiger partial charge in [-0.05, 0) is 36.0 Å². The molecule has 0 heterocycles. The Morgan fingerprint density at radius 2 is 1.91 bits per heavy atom. The second-order valence-electron chi connectivity index (χ2n) is 6.57. The molecule has 0 saturated carbocycles. The molecular formula is C20H21NO. The summed E-state index contributed by atoms with van der Waals surface area (Å²) in [7, 11) is 0. The highest BCUT2D eigenvalue weighted by Gasteiger charge is 2.42. The fourth-order valence-electron chi connectivity index (χ4n) is 3.19. The van der Waals surface area contributed by atoms with E-state index in [1.54, 1.807) is 0 Å². The third-order valence-corrected chi connectivity index (χ3v) is 4.46. The molecule has 1 atom stereocenters. The lowest BCUT2D eigenvalue weighted by Gasteiger charge is -2.38. The van der Waals surface area contributed by atoms with Crippen LogP contribution in [0.3, 0.4) is 0 Å². The maximum absolute atomic E-state index is 9.53. The maximum Gasteiger partial charge on any atom is 0.128 e. The summed E-state index contributed by atoms with van der Waals surface area (Å²) in [5.74, 6) is 1.30. The van der Waals surface area contributed by atoms with Crippen LogP contribution in [0.4, 0.5) is 0 Å². The summed E-state index contributed by atoms with van der Waals surface area (Å²) in [6.45, 7) is 6.88. The molecule has 1 unspecified atom stereocenters. The summed E-state index contributed by atoms with van der Waals surface area (Å²) >= 11 is 0. The second-order valence-corrected chi connectivity index (χ2v) is 6.57. The normalized spacial score (nSPS) is 19.2. The topological polar surface area (TPSA) is 33.0 Å². The molecule has 0 N–H and O–H groups in total. The number of hydrogen-bond donors (Lipinski definition) is 0. The van der Waals surface area contributed by atoms with Gasteiger partial charge in [-0.3, -0.25) is 0 Å². The quantitative estimate of drug-likeness (QED) is 0.816. The van der Waals surface area contributed by atoms with E-state index in [9.17, 15) is 5.26 Å². The number of fused-ring (bicyclic) bond motifs is 1. The van der Waals surface area contributed by atoms with E-state index in [-0.39, 0.29) is 0 Å². The fraction of sp³-hybridized carbons (Fsp3) is 0.350. The van der Waals surface area contributed by atoms with Crippen molar-refractivity contribution in [1.82, 2.24) is 0 Å². The SMILES string of the molecule is CC(C)c1ccc2c(c1OCc1ccccc1)C(C)(C#N)C2. The summed E-state index contributed by atoms with van der Waals surface area (Å²) in [6, 6.07) is 16.9. The lowest BCUT2D eigenvalue weighted by atomic mass is 9.65. The van der Waals surface area contributed by atoms with Crippen molar-refractivity contribution in [2.45, 2.75) is 45.1 Å². The van der Waals surface area contributed by atoms with E-state index in [2.05, 4.69) is 44.2 Å². The summed E-state index contributed by atoms with van der Waals surface area (Å²) in [5.41, 5.74) is 4.27. The molecule has 2 heteroatoms. The van der Waals surface area contributed by atoms with Crippen molar-refractivity contribution in [3.05, 3.63) is 64.7 Å². The van der Waals surface area contributed by atoms with Crippen molar-refractivity contribution in [2.24, 2.45) is 0 Å². The Bertz CT molecular complexity index is 727. The second kappa shape index (κ2) is 5.50. The third-order valence-electron chi connectivity index (χ3n) is 4.46. The van der Waals surface area contributed by atoms with E-state index >= 15 is 0 Å². The minimum Gasteiger partial charge on any atom is -0.488 e. The molecule has 0 aliphatic heterocycles. The molecule has 0 bridgehead atoms. The van der Waals surface area contributed by atoms with Crippen LogP contribution in [0.5, 0.6) is 5.75 Å². The van der Waals surface area contributed by atoms with Crippen LogP contribution in [-0.4, -0.2) is 0 Å². The van der Waals surface area contributed by atoms with Crippen LogP contribution in [-0.2, 0) is 18.4 Å². The van der Waals surface area contributed by atoms with E-state index in [0.717, 1.165) is 23.3 Å². The lowest BCUT2D eigenvalue weighted by molar-refractivity contribution is 0.288. The van der Waals surface area contributed by atoms with Crippen LogP contribution >= 0.6 is 0 Å². The van der Waals surface area contributed by atoms with Gasteiger partial charge in [0.2, 0.25) is 0 Å². The Hall–Kier alpha value is -2.27. The number of rotatable bonds is 4. The van der Waals surface area contributed by atoms with Crippen LogP contribution in [0.15, 0.2) is 42.5 Å². The molecule has 112 valence electrons. The number of nitriles is 1. The van der Waals surface area contributed by atoms with Crippen molar-refractivity contribution >= 4 is 0 Å². The van der Waals surface area contributed by atoms with E-state index in [0.29, 0.717) is 12.5 Å². The molecule has 0 amide bonds. The minimum atomic E-state index is -0.410. The number of nitrogens with zero attached hydrogens (tertiary/aromatic N) is 1. The summed E-state index contributed by atoms with van der Waals surface area (Å²) in [5, 5.41) is 9.53. The average Bonchev–Trinajstić information content (AvgIpc) is 2.51. The van der Waals surface area contributed by atoms with Crippen molar-refractivity contribution in [2.75, 3.05) is 0 Å². The molecule has 1 aliphatic carbocycles. The molecule has 2 nitrogen and oxygen atoms in total. The van der Waals surface area contributed by atoms with Crippen molar-refractivity contribution in [3.8, 4) is 11.8 Å². The maximum atomic E-state index is 9.53. The Kier molecular flexibility index (Phi) is 3.66. The van der Waals surface area contributed by atoms with Gasteiger partial charge in [0, 0.05) is 5.56 Å². The summed E-state index contributed by atoms with van der Waals surface area (Å²) in [6.07, 6.45) is 0.818. The average molecular weight is 291 g/mol. The molecule has 1 aliphatic rings. The first-order chi connectivity index (χ1) is 10.5. The van der Waals surface area contributed by atoms with Gasteiger partial charge in [-0.1, -0.05) is 56.3 Å². The van der Waals surface area contributed by atoms with E-state index in [1.807, 2.05) is 25.1 Å². The van der Waals surface area contributed by atoms with Gasteiger partial charge in [0.1, 0.15) is 12.4 Å². The first-order valence-electron chi connectivity index (χ1n) is 7.79. The molecular weight excluding hydrogens is 270 g/mol. The lowest BCUT2D eigenvalue weighted by Crippen LogP contribution is -2.35. The molecule has 2 aromatic rings. The molecule has 22 heavy (non-hydrogen) atoms. The molecule has 0 spiro atoms. The highest BCUT2D eigenvalue weighted by atomic mass is 16.5. The first-order valence-corrected chi connectivity index (χ1v) is 7.79. The molecule has 0 radical (unpaired) electrons. The Labute approximate surface area is 132 Å². The summed E-state index contributed by atoms with van der Waals surface area (Å²) in [4.78, 5) is 0. The standard InChI is InChI=1S/C20H21NO/c1-14(2)17-10-9-16-11-20(3,13-21)18(16)19(17)22-12-15-7-5-4-6-8-15/h4-10,14H,11-12H2,1-3H3. The largest absolute Gasteiger partial charge is 0.488 e. The van der Waals surface area contributed by atoms with Crippen LogP contribution in [0.1, 0.15) is 48.9 Å². The zero-order valence-electron chi connectivity index (χ0n) is 13.4. The predicted octanol–water partition coefficient (Wildman–Crippen LogP) is 4.73. The summed E-state index contributed by atoms with van der Waals surface area (Å²) < 4.78 is 6.19. The zero-order valence-corrected chi connectivity index (χ0v) is 13.4. The van der Waals surface area contributed by atoms with Gasteiger partial charge in [-0.25, -0.2) is 0 Å². The van der Waals surface area contributed by atoms with Gasteiger partial charge in [-0.15, -0.1) is 0 Å². The van der Waals surface area contributed by atoms with E-state index < -0.39 is 5.41 Å². The Morgan fingerprint density at radius 3 is 2.55 bits per heavy atom. The molecule has 0 fully saturated rings. The highest BCUT2D eigenvalue weighted by molar-refractivity contribution is 5.60. The van der Waals surface area contributed by atoms with Gasteiger partial charge in [0.05, 0.1) is 11.5 Å². The Morgan fingerprint density at radius 1 is 1.18 bits per heavy atom. The number of benzene rings is 2. The van der Waals surface area contributed by atoms with Crippen LogP contribution in [0, 0.1) is 11.3 Å². The van der Waals surface area contributed by atoms with Crippen LogP contribution in [0.25, 0.3) is 0 Å². The molecule has 0 aromatic heterocycles. The van der Waals surface area contributed by atoms with E-state index in [1.165, 1.54) is 11.1 Å². The number of hydrogen-bond acceptors (Lipinski definition) is 2. The zero-order chi connectivity index (χ0) is 15.7. The Balaban J connectivity index is 1.98. The van der Waals surface area contributed by atoms with Gasteiger partial charge in [-0.2, -0.15) is 5.26 Å². The number of ether oxygens (including phenoxy) is 1. The van der Waals surface area contributed by atoms with E-state index in [4.69, 9.17) is 4.74 Å². The smallest absolute Gasteiger partial charge is 0.128 e. The minimum absolute atomic E-state index is 0.375. The van der Waals surface area contributed by atoms with Gasteiger partial charge in [0.25, 0.3) is 0 Å². The van der Waals surface area contributed by atoms with Gasteiger partial charge in [0.15, 0.2) is 0 Å². The highest BCUT2D eigenvalue weighted by Crippen LogP contribution is 2.49.